The van der Waals surface area contributed by atoms with Crippen LogP contribution in [0.15, 0.2) is 82.5 Å². The van der Waals surface area contributed by atoms with E-state index in [-0.39, 0.29) is 11.1 Å². The molecule has 2 heterocycles. The molecular formula is C24H20F2N2O7. The molecule has 9 nitrogen and oxygen atoms in total. The van der Waals surface area contributed by atoms with Crippen molar-refractivity contribution in [3.8, 4) is 0 Å². The molecule has 4 atom stereocenters. The number of carbonyl (C=O) groups is 2. The van der Waals surface area contributed by atoms with E-state index in [2.05, 4.69) is 0 Å². The number of hydrogen-bond acceptors (Lipinski definition) is 7. The van der Waals surface area contributed by atoms with E-state index in [0.717, 1.165) is 19.2 Å². The van der Waals surface area contributed by atoms with E-state index >= 15 is 8.78 Å². The third-order valence-corrected chi connectivity index (χ3v) is 5.44. The summed E-state index contributed by atoms with van der Waals surface area (Å²) >= 11 is 0. The fourth-order valence-corrected chi connectivity index (χ4v) is 3.74. The summed E-state index contributed by atoms with van der Waals surface area (Å²) in [5.74, 6) is -5.17. The summed E-state index contributed by atoms with van der Waals surface area (Å²) in [6.45, 7) is -0.278. The Hall–Kier alpha value is -4.12. The first-order valence-corrected chi connectivity index (χ1v) is 10.5. The molecule has 0 unspecified atom stereocenters. The third kappa shape index (κ3) is 4.76. The summed E-state index contributed by atoms with van der Waals surface area (Å²) in [6, 6.07) is 16.0. The fourth-order valence-electron chi connectivity index (χ4n) is 3.74. The predicted octanol–water partition coefficient (Wildman–Crippen LogP) is 2.54. The lowest BCUT2D eigenvalue weighted by Crippen LogP contribution is -2.50. The Morgan fingerprint density at radius 2 is 1.54 bits per heavy atom. The van der Waals surface area contributed by atoms with E-state index < -0.39 is 53.6 Å². The number of halogens is 2. The molecule has 1 N–H and O–H groups in total. The van der Waals surface area contributed by atoms with Crippen LogP contribution in [0.2, 0.25) is 0 Å². The van der Waals surface area contributed by atoms with Crippen LogP contribution in [0.25, 0.3) is 0 Å². The number of nitrogens with zero attached hydrogens (tertiary/aromatic N) is 1. The molecule has 0 amide bonds. The largest absolute Gasteiger partial charge is 0.456 e. The number of H-pyrrole nitrogens is 1. The maximum atomic E-state index is 16.2. The number of rotatable bonds is 6. The second kappa shape index (κ2) is 9.26. The zero-order valence-corrected chi connectivity index (χ0v) is 18.4. The number of ether oxygens (including phenoxy) is 3. The maximum Gasteiger partial charge on any atom is 0.338 e. The van der Waals surface area contributed by atoms with Crippen molar-refractivity contribution in [3.63, 3.8) is 0 Å². The number of hydrogen-bond donors (Lipinski definition) is 1. The lowest BCUT2D eigenvalue weighted by Gasteiger charge is -2.29. The molecule has 1 aliphatic heterocycles. The smallest absolute Gasteiger partial charge is 0.338 e. The maximum absolute atomic E-state index is 16.2. The van der Waals surface area contributed by atoms with Crippen molar-refractivity contribution in [2.45, 2.75) is 30.8 Å². The molecule has 182 valence electrons. The van der Waals surface area contributed by atoms with Gasteiger partial charge in [0, 0.05) is 12.3 Å². The zero-order valence-electron chi connectivity index (χ0n) is 18.4. The minimum atomic E-state index is -3.18. The Balaban J connectivity index is 1.68. The molecule has 3 aromatic rings. The van der Waals surface area contributed by atoms with Crippen LogP contribution in [0.3, 0.4) is 0 Å². The Labute approximate surface area is 196 Å². The summed E-state index contributed by atoms with van der Waals surface area (Å²) in [6.07, 6.45) is -3.31. The quantitative estimate of drug-likeness (QED) is 0.532. The monoisotopic (exact) mass is 486 g/mol. The molecule has 1 saturated heterocycles. The van der Waals surface area contributed by atoms with Gasteiger partial charge in [-0.3, -0.25) is 14.3 Å². The number of carbonyl (C=O) groups excluding carboxylic acids is 2. The van der Waals surface area contributed by atoms with Gasteiger partial charge in [-0.05, 0) is 31.2 Å². The molecule has 0 spiro atoms. The van der Waals surface area contributed by atoms with Crippen molar-refractivity contribution in [2.24, 2.45) is 0 Å². The Bertz CT molecular complexity index is 1340. The van der Waals surface area contributed by atoms with Crippen LogP contribution in [0.1, 0.15) is 33.9 Å². The van der Waals surface area contributed by atoms with Crippen LogP contribution in [-0.4, -0.2) is 45.7 Å². The van der Waals surface area contributed by atoms with Crippen molar-refractivity contribution < 1.29 is 32.6 Å². The van der Waals surface area contributed by atoms with E-state index in [4.69, 9.17) is 14.2 Å². The first kappa shape index (κ1) is 24.0. The highest BCUT2D eigenvalue weighted by Gasteiger charge is 2.68. The van der Waals surface area contributed by atoms with Gasteiger partial charge in [-0.2, -0.15) is 0 Å². The van der Waals surface area contributed by atoms with Gasteiger partial charge in [-0.1, -0.05) is 36.4 Å². The van der Waals surface area contributed by atoms with E-state index in [1.807, 2.05) is 4.98 Å². The van der Waals surface area contributed by atoms with Crippen LogP contribution in [0, 0.1) is 0 Å². The summed E-state index contributed by atoms with van der Waals surface area (Å²) in [5.41, 5.74) is -4.56. The highest BCUT2D eigenvalue weighted by Crippen LogP contribution is 2.49. The second-order valence-electron chi connectivity index (χ2n) is 8.02. The number of nitrogens with one attached hydrogen (secondary N) is 1. The van der Waals surface area contributed by atoms with Gasteiger partial charge in [0.05, 0.1) is 11.1 Å². The fraction of sp³-hybridized carbons (Fsp3) is 0.250. The zero-order chi connectivity index (χ0) is 25.2. The normalized spacial score (nSPS) is 25.7. The first-order valence-electron chi connectivity index (χ1n) is 10.5. The molecule has 35 heavy (non-hydrogen) atoms. The number of aromatic amines is 1. The SMILES string of the molecule is C[C@]1(F)[C@H](n2ccc(=O)[nH]c2=O)O[C@](F)(COC(=O)c2ccccc2)[C@H]1OC(=O)c1ccccc1. The van der Waals surface area contributed by atoms with Gasteiger partial charge < -0.3 is 14.2 Å². The van der Waals surface area contributed by atoms with E-state index in [1.165, 1.54) is 36.4 Å². The van der Waals surface area contributed by atoms with Crippen LogP contribution < -0.4 is 11.2 Å². The molecule has 11 heteroatoms. The third-order valence-electron chi connectivity index (χ3n) is 5.44. The molecule has 1 aromatic heterocycles. The summed E-state index contributed by atoms with van der Waals surface area (Å²) < 4.78 is 48.3. The average Bonchev–Trinajstić information content (AvgIpc) is 3.04. The highest BCUT2D eigenvalue weighted by atomic mass is 19.2. The van der Waals surface area contributed by atoms with Crippen molar-refractivity contribution in [3.05, 3.63) is 105 Å². The number of aromatic nitrogens is 2. The molecule has 1 aliphatic rings. The Morgan fingerprint density at radius 3 is 2.11 bits per heavy atom. The van der Waals surface area contributed by atoms with Crippen LogP contribution in [0.5, 0.6) is 0 Å². The van der Waals surface area contributed by atoms with Crippen molar-refractivity contribution in [1.82, 2.24) is 9.55 Å². The Kier molecular flexibility index (Phi) is 6.35. The van der Waals surface area contributed by atoms with E-state index in [0.29, 0.717) is 4.57 Å². The Morgan fingerprint density at radius 1 is 0.971 bits per heavy atom. The minimum absolute atomic E-state index is 0.0107. The number of esters is 2. The molecule has 0 bridgehead atoms. The lowest BCUT2D eigenvalue weighted by atomic mass is 9.96. The topological polar surface area (TPSA) is 117 Å². The highest BCUT2D eigenvalue weighted by molar-refractivity contribution is 5.90. The molecule has 4 rings (SSSR count). The van der Waals surface area contributed by atoms with Crippen molar-refractivity contribution in [2.75, 3.05) is 6.61 Å². The summed E-state index contributed by atoms with van der Waals surface area (Å²) in [5, 5.41) is 0. The van der Waals surface area contributed by atoms with Crippen LogP contribution in [-0.2, 0) is 14.2 Å². The minimum Gasteiger partial charge on any atom is -0.456 e. The molecular weight excluding hydrogens is 466 g/mol. The van der Waals surface area contributed by atoms with Gasteiger partial charge in [0.15, 0.2) is 18.5 Å². The van der Waals surface area contributed by atoms with E-state index in [1.54, 1.807) is 24.3 Å². The average molecular weight is 486 g/mol. The lowest BCUT2D eigenvalue weighted by molar-refractivity contribution is -0.208. The van der Waals surface area contributed by atoms with Gasteiger partial charge in [0.2, 0.25) is 6.10 Å². The van der Waals surface area contributed by atoms with E-state index in [9.17, 15) is 19.2 Å². The van der Waals surface area contributed by atoms with Gasteiger partial charge in [0.1, 0.15) is 0 Å². The van der Waals surface area contributed by atoms with Gasteiger partial charge in [-0.25, -0.2) is 23.2 Å². The standard InChI is InChI=1S/C24H20F2N2O7/c1-23(25)20(34-19(31)16-10-6-3-7-11-16)24(26,14-33-18(30)15-8-4-2-5-9-15)35-21(23)28-13-12-17(29)27-22(28)32/h2-13,20-21H,14H2,1H3,(H,27,29,32)/t20-,21+,23+,24+/m0/s1. The van der Waals surface area contributed by atoms with Gasteiger partial charge in [-0.15, -0.1) is 0 Å². The van der Waals surface area contributed by atoms with Crippen LogP contribution in [0.4, 0.5) is 8.78 Å². The molecule has 0 aliphatic carbocycles. The molecule has 2 aromatic carbocycles. The molecule has 0 radical (unpaired) electrons. The number of alkyl halides is 2. The van der Waals surface area contributed by atoms with Crippen LogP contribution >= 0.6 is 0 Å². The number of benzene rings is 2. The first-order chi connectivity index (χ1) is 16.6. The second-order valence-corrected chi connectivity index (χ2v) is 8.02. The predicted molar refractivity (Wildman–Crippen MR) is 117 cm³/mol. The van der Waals surface area contributed by atoms with Gasteiger partial charge in [0.25, 0.3) is 11.4 Å². The van der Waals surface area contributed by atoms with Gasteiger partial charge >= 0.3 is 17.6 Å². The van der Waals surface area contributed by atoms with Crippen molar-refractivity contribution in [1.29, 1.82) is 0 Å². The molecule has 1 fully saturated rings. The van der Waals surface area contributed by atoms with Crippen molar-refractivity contribution >= 4 is 11.9 Å². The summed E-state index contributed by atoms with van der Waals surface area (Å²) in [7, 11) is 0. The molecule has 0 saturated carbocycles. The summed E-state index contributed by atoms with van der Waals surface area (Å²) in [4.78, 5) is 50.6.